The summed E-state index contributed by atoms with van der Waals surface area (Å²) < 4.78 is 13.3. The highest BCUT2D eigenvalue weighted by Crippen LogP contribution is 2.35. The van der Waals surface area contributed by atoms with Gasteiger partial charge in [0.1, 0.15) is 19.0 Å². The van der Waals surface area contributed by atoms with Crippen molar-refractivity contribution in [3.63, 3.8) is 0 Å². The summed E-state index contributed by atoms with van der Waals surface area (Å²) >= 11 is 0. The molecule has 1 aliphatic carbocycles. The number of carbonyl (C=O) groups excluding carboxylic acids is 1. The maximum Gasteiger partial charge on any atom is 0.251 e. The van der Waals surface area contributed by atoms with Crippen molar-refractivity contribution in [2.75, 3.05) is 19.8 Å². The third-order valence-electron chi connectivity index (χ3n) is 6.19. The molecule has 1 aromatic heterocycles. The molecule has 1 saturated carbocycles. The van der Waals surface area contributed by atoms with Crippen molar-refractivity contribution in [3.05, 3.63) is 53.9 Å². The first kappa shape index (κ1) is 19.9. The number of fused-ring (bicyclic) bond motifs is 2. The van der Waals surface area contributed by atoms with Gasteiger partial charge in [-0.05, 0) is 49.6 Å². The van der Waals surface area contributed by atoms with Crippen molar-refractivity contribution < 1.29 is 19.4 Å². The third-order valence-corrected chi connectivity index (χ3v) is 6.19. The Bertz CT molecular complexity index is 1090. The molecule has 7 heteroatoms. The topological polar surface area (TPSA) is 85.6 Å². The van der Waals surface area contributed by atoms with E-state index in [1.54, 1.807) is 18.2 Å². The normalized spacial score (nSPS) is 20.5. The Morgan fingerprint density at radius 3 is 2.84 bits per heavy atom. The molecular weight excluding hydrogens is 394 g/mol. The van der Waals surface area contributed by atoms with Crippen molar-refractivity contribution >= 4 is 16.9 Å². The summed E-state index contributed by atoms with van der Waals surface area (Å²) in [4.78, 5) is 17.8. The zero-order chi connectivity index (χ0) is 21.2. The molecule has 1 amide bonds. The number of hydrogen-bond acceptors (Lipinski definition) is 5. The first-order valence-corrected chi connectivity index (χ1v) is 11.0. The summed E-state index contributed by atoms with van der Waals surface area (Å²) in [5.74, 6) is 2.47. The van der Waals surface area contributed by atoms with Gasteiger partial charge in [0.2, 0.25) is 0 Å². The van der Waals surface area contributed by atoms with Crippen molar-refractivity contribution in [3.8, 4) is 11.5 Å². The predicted molar refractivity (Wildman–Crippen MR) is 117 cm³/mol. The molecule has 2 N–H and O–H groups in total. The summed E-state index contributed by atoms with van der Waals surface area (Å²) in [6.45, 7) is 1.63. The lowest BCUT2D eigenvalue weighted by Crippen LogP contribution is -2.38. The van der Waals surface area contributed by atoms with Gasteiger partial charge in [-0.2, -0.15) is 0 Å². The Balaban J connectivity index is 1.32. The van der Waals surface area contributed by atoms with Crippen LogP contribution in [0.4, 0.5) is 0 Å². The van der Waals surface area contributed by atoms with Gasteiger partial charge >= 0.3 is 0 Å². The molecule has 2 atom stereocenters. The van der Waals surface area contributed by atoms with Gasteiger partial charge < -0.3 is 24.5 Å². The number of aliphatic hydroxyl groups is 1. The van der Waals surface area contributed by atoms with Gasteiger partial charge in [0.25, 0.3) is 5.91 Å². The maximum absolute atomic E-state index is 12.9. The second-order valence-electron chi connectivity index (χ2n) is 8.23. The van der Waals surface area contributed by atoms with Crippen molar-refractivity contribution in [2.24, 2.45) is 0 Å². The number of nitrogens with one attached hydrogen (secondary N) is 1. The summed E-state index contributed by atoms with van der Waals surface area (Å²) in [7, 11) is 0. The first-order valence-electron chi connectivity index (χ1n) is 11.0. The van der Waals surface area contributed by atoms with Crippen LogP contribution in [0.3, 0.4) is 0 Å². The molecule has 3 aromatic rings. The van der Waals surface area contributed by atoms with Gasteiger partial charge in [0.05, 0.1) is 17.6 Å². The molecule has 1 fully saturated rings. The van der Waals surface area contributed by atoms with E-state index in [4.69, 9.17) is 14.5 Å². The van der Waals surface area contributed by atoms with Crippen LogP contribution in [0.5, 0.6) is 11.5 Å². The summed E-state index contributed by atoms with van der Waals surface area (Å²) in [6.07, 6.45) is 3.85. The molecule has 2 aromatic carbocycles. The molecule has 0 spiro atoms. The molecule has 162 valence electrons. The maximum atomic E-state index is 12.9. The Labute approximate surface area is 181 Å². The molecule has 2 aliphatic rings. The monoisotopic (exact) mass is 421 g/mol. The molecule has 0 bridgehead atoms. The quantitative estimate of drug-likeness (QED) is 0.661. The molecule has 5 rings (SSSR count). The van der Waals surface area contributed by atoms with E-state index in [9.17, 15) is 9.90 Å². The van der Waals surface area contributed by atoms with E-state index in [-0.39, 0.29) is 24.5 Å². The number of aliphatic hydroxyl groups excluding tert-OH is 1. The number of rotatable bonds is 5. The van der Waals surface area contributed by atoms with Crippen LogP contribution in [0.15, 0.2) is 42.5 Å². The molecular formula is C24H27N3O4. The molecule has 7 nitrogen and oxygen atoms in total. The zero-order valence-corrected chi connectivity index (χ0v) is 17.4. The average Bonchev–Trinajstić information content (AvgIpc) is 3.18. The van der Waals surface area contributed by atoms with Gasteiger partial charge in [-0.3, -0.25) is 4.79 Å². The SMILES string of the molecule is O=C(NC1CCC[C@H](c2nc3ccccc3n2CCO)C1)c1ccc2c(c1)OCCO2. The number of aromatic nitrogens is 2. The fraction of sp³-hybridized carbons (Fsp3) is 0.417. The standard InChI is InChI=1S/C24H27N3O4/c28-11-10-27-20-7-2-1-6-19(20)26-23(27)16-4-3-5-18(14-16)25-24(29)17-8-9-21-22(15-17)31-13-12-30-21/h1-2,6-9,15-16,18,28H,3-5,10-14H2,(H,25,29)/t16-,18?/m0/s1. The summed E-state index contributed by atoms with van der Waals surface area (Å²) in [5, 5.41) is 12.8. The van der Waals surface area contributed by atoms with Gasteiger partial charge in [0.15, 0.2) is 11.5 Å². The van der Waals surface area contributed by atoms with Crippen LogP contribution >= 0.6 is 0 Å². The highest BCUT2D eigenvalue weighted by atomic mass is 16.6. The van der Waals surface area contributed by atoms with Crippen molar-refractivity contribution in [2.45, 2.75) is 44.2 Å². The highest BCUT2D eigenvalue weighted by molar-refractivity contribution is 5.95. The first-order chi connectivity index (χ1) is 15.2. The number of hydrogen-bond donors (Lipinski definition) is 2. The van der Waals surface area contributed by atoms with Gasteiger partial charge in [0, 0.05) is 24.1 Å². The van der Waals surface area contributed by atoms with Crippen LogP contribution in [-0.4, -0.2) is 46.4 Å². The van der Waals surface area contributed by atoms with Crippen LogP contribution in [0.1, 0.15) is 47.8 Å². The molecule has 0 saturated heterocycles. The molecule has 2 heterocycles. The van der Waals surface area contributed by atoms with Gasteiger partial charge in [-0.15, -0.1) is 0 Å². The number of imidazole rings is 1. The van der Waals surface area contributed by atoms with Crippen molar-refractivity contribution in [1.29, 1.82) is 0 Å². The van der Waals surface area contributed by atoms with Crippen LogP contribution in [-0.2, 0) is 6.54 Å². The van der Waals surface area contributed by atoms with Crippen LogP contribution < -0.4 is 14.8 Å². The Hall–Kier alpha value is -3.06. The number of amides is 1. The minimum atomic E-state index is -0.0912. The van der Waals surface area contributed by atoms with Crippen LogP contribution in [0, 0.1) is 0 Å². The highest BCUT2D eigenvalue weighted by Gasteiger charge is 2.29. The average molecular weight is 421 g/mol. The number of para-hydroxylation sites is 2. The second-order valence-corrected chi connectivity index (χ2v) is 8.23. The van der Waals surface area contributed by atoms with E-state index < -0.39 is 0 Å². The minimum absolute atomic E-state index is 0.0738. The molecule has 31 heavy (non-hydrogen) atoms. The predicted octanol–water partition coefficient (Wildman–Crippen LogP) is 3.26. The molecule has 1 aliphatic heterocycles. The van der Waals surface area contributed by atoms with E-state index in [0.717, 1.165) is 42.5 Å². The summed E-state index contributed by atoms with van der Waals surface area (Å²) in [6, 6.07) is 13.5. The number of nitrogens with zero attached hydrogens (tertiary/aromatic N) is 2. The van der Waals surface area contributed by atoms with E-state index in [0.29, 0.717) is 36.8 Å². The van der Waals surface area contributed by atoms with Gasteiger partial charge in [-0.1, -0.05) is 18.6 Å². The zero-order valence-electron chi connectivity index (χ0n) is 17.4. The van der Waals surface area contributed by atoms with Gasteiger partial charge in [-0.25, -0.2) is 4.98 Å². The van der Waals surface area contributed by atoms with E-state index >= 15 is 0 Å². The van der Waals surface area contributed by atoms with Crippen molar-refractivity contribution in [1.82, 2.24) is 14.9 Å². The minimum Gasteiger partial charge on any atom is -0.486 e. The Morgan fingerprint density at radius 2 is 1.97 bits per heavy atom. The van der Waals surface area contributed by atoms with E-state index in [2.05, 4.69) is 9.88 Å². The lowest BCUT2D eigenvalue weighted by Gasteiger charge is -2.30. The van der Waals surface area contributed by atoms with E-state index in [1.165, 1.54) is 0 Å². The molecule has 1 unspecified atom stereocenters. The third kappa shape index (κ3) is 3.97. The smallest absolute Gasteiger partial charge is 0.251 e. The Kier molecular flexibility index (Phi) is 5.51. The fourth-order valence-corrected chi connectivity index (χ4v) is 4.75. The lowest BCUT2D eigenvalue weighted by atomic mass is 9.85. The molecule has 0 radical (unpaired) electrons. The van der Waals surface area contributed by atoms with E-state index in [1.807, 2.05) is 24.3 Å². The number of carbonyl (C=O) groups is 1. The lowest BCUT2D eigenvalue weighted by molar-refractivity contribution is 0.0923. The fourth-order valence-electron chi connectivity index (χ4n) is 4.75. The number of benzene rings is 2. The van der Waals surface area contributed by atoms with Crippen LogP contribution in [0.25, 0.3) is 11.0 Å². The van der Waals surface area contributed by atoms with Crippen LogP contribution in [0.2, 0.25) is 0 Å². The summed E-state index contributed by atoms with van der Waals surface area (Å²) in [5.41, 5.74) is 2.58. The number of ether oxygens (including phenoxy) is 2. The second kappa shape index (κ2) is 8.59. The Morgan fingerprint density at radius 1 is 1.13 bits per heavy atom. The largest absolute Gasteiger partial charge is 0.486 e.